The molecule has 8 heteroatoms. The van der Waals surface area contributed by atoms with E-state index in [0.29, 0.717) is 39.4 Å². The molecule has 1 amide bonds. The van der Waals surface area contributed by atoms with Crippen LogP contribution in [0.1, 0.15) is 10.5 Å². The number of imidazole rings is 1. The Morgan fingerprint density at radius 1 is 0.971 bits per heavy atom. The highest BCUT2D eigenvalue weighted by molar-refractivity contribution is 6.30. The lowest BCUT2D eigenvalue weighted by Crippen LogP contribution is -2.28. The summed E-state index contributed by atoms with van der Waals surface area (Å²) in [5.74, 6) is 0.931. The zero-order valence-electron chi connectivity index (χ0n) is 18.0. The van der Waals surface area contributed by atoms with Gasteiger partial charge in [-0.2, -0.15) is 0 Å². The molecule has 0 bridgehead atoms. The molecular weight excluding hydrogens is 455 g/mol. The van der Waals surface area contributed by atoms with E-state index in [0.717, 1.165) is 5.56 Å². The molecular formula is C26H18ClFN4O2. The number of amides is 1. The van der Waals surface area contributed by atoms with Gasteiger partial charge in [-0.15, -0.1) is 0 Å². The first-order valence-corrected chi connectivity index (χ1v) is 10.8. The van der Waals surface area contributed by atoms with Crippen molar-refractivity contribution in [3.05, 3.63) is 108 Å². The van der Waals surface area contributed by atoms with Crippen LogP contribution in [0.25, 0.3) is 17.0 Å². The molecule has 0 radical (unpaired) electrons. The second-order valence-corrected chi connectivity index (χ2v) is 7.96. The van der Waals surface area contributed by atoms with Gasteiger partial charge in [-0.25, -0.2) is 14.4 Å². The summed E-state index contributed by atoms with van der Waals surface area (Å²) in [4.78, 5) is 24.0. The first-order chi connectivity index (χ1) is 16.5. The molecule has 0 saturated carbocycles. The number of ether oxygens (including phenoxy) is 1. The van der Waals surface area contributed by atoms with Crippen LogP contribution in [0.5, 0.6) is 11.5 Å². The summed E-state index contributed by atoms with van der Waals surface area (Å²) in [6.45, 7) is 0. The molecule has 0 aliphatic heterocycles. The van der Waals surface area contributed by atoms with Crippen molar-refractivity contribution < 1.29 is 13.9 Å². The predicted octanol–water partition coefficient (Wildman–Crippen LogP) is 6.26. The van der Waals surface area contributed by atoms with Crippen LogP contribution in [0, 0.1) is 5.82 Å². The molecule has 2 aromatic heterocycles. The van der Waals surface area contributed by atoms with Crippen LogP contribution >= 0.6 is 11.6 Å². The molecule has 6 nitrogen and oxygen atoms in total. The highest BCUT2D eigenvalue weighted by atomic mass is 35.5. The third-order valence-electron chi connectivity index (χ3n) is 5.30. The topological polar surface area (TPSA) is 59.7 Å². The number of hydrogen-bond donors (Lipinski definition) is 0. The summed E-state index contributed by atoms with van der Waals surface area (Å²) < 4.78 is 20.6. The lowest BCUT2D eigenvalue weighted by Gasteiger charge is -2.18. The van der Waals surface area contributed by atoms with Gasteiger partial charge in [0.1, 0.15) is 28.7 Å². The molecule has 0 aliphatic carbocycles. The number of carbonyl (C=O) groups is 1. The average molecular weight is 473 g/mol. The number of carbonyl (C=O) groups excluding carboxylic acids is 1. The summed E-state index contributed by atoms with van der Waals surface area (Å²) in [7, 11) is 1.70. The first kappa shape index (κ1) is 21.6. The number of nitrogens with zero attached hydrogens (tertiary/aromatic N) is 4. The Morgan fingerprint density at radius 2 is 1.62 bits per heavy atom. The van der Waals surface area contributed by atoms with Gasteiger partial charge < -0.3 is 9.64 Å². The number of fused-ring (bicyclic) bond motifs is 1. The number of benzene rings is 3. The molecule has 5 aromatic rings. The minimum Gasteiger partial charge on any atom is -0.457 e. The zero-order chi connectivity index (χ0) is 23.7. The van der Waals surface area contributed by atoms with Crippen LogP contribution < -0.4 is 9.64 Å². The predicted molar refractivity (Wildman–Crippen MR) is 129 cm³/mol. The normalized spacial score (nSPS) is 10.9. The molecule has 0 spiro atoms. The third-order valence-corrected chi connectivity index (χ3v) is 5.55. The van der Waals surface area contributed by atoms with Gasteiger partial charge in [-0.3, -0.25) is 9.20 Å². The Hall–Kier alpha value is -4.23. The van der Waals surface area contributed by atoms with Gasteiger partial charge in [-0.05, 0) is 78.9 Å². The number of halogens is 2. The van der Waals surface area contributed by atoms with Gasteiger partial charge in [0, 0.05) is 35.7 Å². The van der Waals surface area contributed by atoms with Crippen LogP contribution in [0.4, 0.5) is 10.1 Å². The van der Waals surface area contributed by atoms with E-state index in [2.05, 4.69) is 9.97 Å². The van der Waals surface area contributed by atoms with Crippen molar-refractivity contribution in [1.82, 2.24) is 14.4 Å². The van der Waals surface area contributed by atoms with Crippen molar-refractivity contribution in [2.75, 3.05) is 11.9 Å². The van der Waals surface area contributed by atoms with E-state index in [1.807, 2.05) is 12.1 Å². The van der Waals surface area contributed by atoms with Crippen LogP contribution in [-0.2, 0) is 0 Å². The van der Waals surface area contributed by atoms with Crippen LogP contribution in [-0.4, -0.2) is 27.3 Å². The van der Waals surface area contributed by atoms with Gasteiger partial charge in [0.15, 0.2) is 0 Å². The Kier molecular flexibility index (Phi) is 5.69. The molecule has 2 heterocycles. The van der Waals surface area contributed by atoms with Gasteiger partial charge in [0.05, 0.1) is 0 Å². The SMILES string of the molecule is CN(C(=O)c1c(-c2ccc(Oc3ccc(F)cc3)cc2)nc2ncccn12)c1ccc(Cl)cc1. The summed E-state index contributed by atoms with van der Waals surface area (Å²) in [6.07, 6.45) is 3.39. The molecule has 0 aliphatic rings. The Labute approximate surface area is 199 Å². The van der Waals surface area contributed by atoms with E-state index < -0.39 is 0 Å². The minimum absolute atomic E-state index is 0.246. The van der Waals surface area contributed by atoms with Crippen LogP contribution in [0.15, 0.2) is 91.3 Å². The number of aromatic nitrogens is 3. The largest absolute Gasteiger partial charge is 0.457 e. The number of anilines is 1. The maximum absolute atomic E-state index is 13.6. The Morgan fingerprint density at radius 3 is 2.29 bits per heavy atom. The zero-order valence-corrected chi connectivity index (χ0v) is 18.8. The molecule has 5 rings (SSSR count). The van der Waals surface area contributed by atoms with Gasteiger partial charge in [-0.1, -0.05) is 11.6 Å². The van der Waals surface area contributed by atoms with Crippen molar-refractivity contribution >= 4 is 29.0 Å². The standard InChI is InChI=1S/C26H18ClFN4O2/c1-31(20-9-5-18(27)6-10-20)25(33)24-23(30-26-29-15-2-16-32(24)26)17-3-11-21(12-4-17)34-22-13-7-19(28)8-14-22/h2-16H,1H3. The summed E-state index contributed by atoms with van der Waals surface area (Å²) in [6, 6.07) is 21.7. The van der Waals surface area contributed by atoms with Crippen molar-refractivity contribution in [1.29, 1.82) is 0 Å². The third kappa shape index (κ3) is 4.21. The lowest BCUT2D eigenvalue weighted by atomic mass is 10.1. The van der Waals surface area contributed by atoms with E-state index in [1.165, 1.54) is 12.1 Å². The second-order valence-electron chi connectivity index (χ2n) is 7.52. The van der Waals surface area contributed by atoms with E-state index in [-0.39, 0.29) is 11.7 Å². The van der Waals surface area contributed by atoms with E-state index in [9.17, 15) is 9.18 Å². The van der Waals surface area contributed by atoms with Gasteiger partial charge in [0.25, 0.3) is 5.91 Å². The molecule has 34 heavy (non-hydrogen) atoms. The molecule has 0 N–H and O–H groups in total. The van der Waals surface area contributed by atoms with Crippen molar-refractivity contribution in [3.63, 3.8) is 0 Å². The Balaban J connectivity index is 1.51. The fraction of sp³-hybridized carbons (Fsp3) is 0.0385. The highest BCUT2D eigenvalue weighted by Crippen LogP contribution is 2.30. The molecule has 0 fully saturated rings. The van der Waals surface area contributed by atoms with Crippen LogP contribution in [0.3, 0.4) is 0 Å². The highest BCUT2D eigenvalue weighted by Gasteiger charge is 2.24. The molecule has 0 atom stereocenters. The van der Waals surface area contributed by atoms with Gasteiger partial charge in [0.2, 0.25) is 5.78 Å². The summed E-state index contributed by atoms with van der Waals surface area (Å²) in [5.41, 5.74) is 2.30. The molecule has 3 aromatic carbocycles. The smallest absolute Gasteiger partial charge is 0.277 e. The Bertz CT molecular complexity index is 1470. The minimum atomic E-state index is -0.330. The van der Waals surface area contributed by atoms with E-state index >= 15 is 0 Å². The molecule has 168 valence electrons. The summed E-state index contributed by atoms with van der Waals surface area (Å²) >= 11 is 6.00. The van der Waals surface area contributed by atoms with Crippen molar-refractivity contribution in [3.8, 4) is 22.8 Å². The fourth-order valence-electron chi connectivity index (χ4n) is 3.55. The molecule has 0 unspecified atom stereocenters. The lowest BCUT2D eigenvalue weighted by molar-refractivity contribution is 0.0988. The second kappa shape index (κ2) is 8.96. The maximum Gasteiger partial charge on any atom is 0.277 e. The quantitative estimate of drug-likeness (QED) is 0.303. The van der Waals surface area contributed by atoms with Crippen molar-refractivity contribution in [2.45, 2.75) is 0 Å². The first-order valence-electron chi connectivity index (χ1n) is 10.4. The van der Waals surface area contributed by atoms with Crippen LogP contribution in [0.2, 0.25) is 5.02 Å². The number of hydrogen-bond acceptors (Lipinski definition) is 4. The van der Waals surface area contributed by atoms with E-state index in [1.54, 1.807) is 83.3 Å². The van der Waals surface area contributed by atoms with Gasteiger partial charge >= 0.3 is 0 Å². The maximum atomic E-state index is 13.6. The number of rotatable bonds is 5. The fourth-order valence-corrected chi connectivity index (χ4v) is 3.68. The summed E-state index contributed by atoms with van der Waals surface area (Å²) in [5, 5.41) is 0.590. The monoisotopic (exact) mass is 472 g/mol. The molecule has 0 saturated heterocycles. The average Bonchev–Trinajstić information content (AvgIpc) is 3.25. The van der Waals surface area contributed by atoms with Crippen molar-refractivity contribution in [2.24, 2.45) is 0 Å². The van der Waals surface area contributed by atoms with E-state index in [4.69, 9.17) is 16.3 Å².